The highest BCUT2D eigenvalue weighted by molar-refractivity contribution is 6.42. The highest BCUT2D eigenvalue weighted by Gasteiger charge is 2.38. The van der Waals surface area contributed by atoms with Gasteiger partial charge in [-0.05, 0) is 49.7 Å². The van der Waals surface area contributed by atoms with Crippen molar-refractivity contribution in [1.29, 1.82) is 0 Å². The Hall–Kier alpha value is -1.88. The molecular weight excluding hydrogens is 381 g/mol. The van der Waals surface area contributed by atoms with Gasteiger partial charge in [-0.25, -0.2) is 0 Å². The number of rotatable bonds is 4. The van der Waals surface area contributed by atoms with Gasteiger partial charge >= 0.3 is 0 Å². The molecule has 1 atom stereocenters. The van der Waals surface area contributed by atoms with Crippen molar-refractivity contribution in [3.8, 4) is 0 Å². The van der Waals surface area contributed by atoms with Crippen molar-refractivity contribution in [3.63, 3.8) is 0 Å². The minimum Gasteiger partial charge on any atom is -0.302 e. The van der Waals surface area contributed by atoms with Gasteiger partial charge in [-0.2, -0.15) is 10.1 Å². The molecule has 0 aliphatic carbocycles. The Labute approximate surface area is 169 Å². The lowest BCUT2D eigenvalue weighted by Crippen LogP contribution is -2.40. The number of hydrazone groups is 1. The molecule has 4 rings (SSSR count). The Morgan fingerprint density at radius 1 is 0.963 bits per heavy atom. The maximum Gasteiger partial charge on any atom is 0.257 e. The molecule has 2 heterocycles. The molecule has 0 saturated carbocycles. The Morgan fingerprint density at radius 2 is 1.70 bits per heavy atom. The summed E-state index contributed by atoms with van der Waals surface area (Å²) in [7, 11) is 0. The summed E-state index contributed by atoms with van der Waals surface area (Å²) in [6.07, 6.45) is 3.65. The maximum atomic E-state index is 13.3. The summed E-state index contributed by atoms with van der Waals surface area (Å²) in [5.74, 6) is -0.294. The average molecular weight is 402 g/mol. The van der Waals surface area contributed by atoms with Gasteiger partial charge in [0.1, 0.15) is 0 Å². The first-order chi connectivity index (χ1) is 13.1. The van der Waals surface area contributed by atoms with Crippen LogP contribution in [0.15, 0.2) is 53.6 Å². The third-order valence-corrected chi connectivity index (χ3v) is 5.89. The molecule has 0 spiro atoms. The van der Waals surface area contributed by atoms with Crippen molar-refractivity contribution in [2.45, 2.75) is 19.3 Å². The van der Waals surface area contributed by atoms with Crippen LogP contribution in [0.5, 0.6) is 0 Å². The fraction of sp³-hybridized carbons (Fsp3) is 0.333. The van der Waals surface area contributed by atoms with E-state index in [0.717, 1.165) is 24.4 Å². The first kappa shape index (κ1) is 18.5. The number of anilines is 1. The highest BCUT2D eigenvalue weighted by Crippen LogP contribution is 2.32. The van der Waals surface area contributed by atoms with Crippen LogP contribution < -0.4 is 5.01 Å². The fourth-order valence-corrected chi connectivity index (χ4v) is 4.02. The number of carbonyl (C=O) groups excluding carboxylic acids is 1. The van der Waals surface area contributed by atoms with Crippen LogP contribution in [0.1, 0.15) is 24.8 Å². The lowest BCUT2D eigenvalue weighted by Gasteiger charge is -2.28. The zero-order valence-electron chi connectivity index (χ0n) is 14.9. The Balaban J connectivity index is 1.68. The average Bonchev–Trinajstić information content (AvgIpc) is 3.02. The van der Waals surface area contributed by atoms with Crippen molar-refractivity contribution in [2.75, 3.05) is 24.6 Å². The second-order valence-corrected chi connectivity index (χ2v) is 7.83. The topological polar surface area (TPSA) is 35.9 Å². The summed E-state index contributed by atoms with van der Waals surface area (Å²) in [5.41, 5.74) is 2.44. The lowest BCUT2D eigenvalue weighted by molar-refractivity contribution is -0.120. The van der Waals surface area contributed by atoms with Crippen LogP contribution in [-0.4, -0.2) is 36.2 Å². The number of piperidine rings is 1. The van der Waals surface area contributed by atoms with E-state index in [1.807, 2.05) is 30.3 Å². The van der Waals surface area contributed by atoms with E-state index in [2.05, 4.69) is 4.90 Å². The summed E-state index contributed by atoms with van der Waals surface area (Å²) >= 11 is 12.2. The molecule has 2 aliphatic rings. The van der Waals surface area contributed by atoms with Crippen LogP contribution in [0.2, 0.25) is 10.0 Å². The standard InChI is InChI=1S/C21H21Cl2N3O/c22-18-10-9-16(13-19(18)23)26-21(27)17(14-25-11-5-2-6-12-25)20(24-26)15-7-3-1-4-8-15/h1,3-4,7-10,13,17H,2,5-6,11-12,14H2/t17-/m1/s1. The number of nitrogens with zero attached hydrogens (tertiary/aromatic N) is 3. The van der Waals surface area contributed by atoms with Gasteiger partial charge in [-0.3, -0.25) is 4.79 Å². The summed E-state index contributed by atoms with van der Waals surface area (Å²) in [6.45, 7) is 2.78. The Morgan fingerprint density at radius 3 is 2.41 bits per heavy atom. The fourth-order valence-electron chi connectivity index (χ4n) is 3.73. The molecule has 0 aromatic heterocycles. The summed E-state index contributed by atoms with van der Waals surface area (Å²) in [6, 6.07) is 15.1. The normalized spacial score (nSPS) is 20.8. The molecule has 0 unspecified atom stereocenters. The van der Waals surface area contributed by atoms with E-state index in [4.69, 9.17) is 28.3 Å². The van der Waals surface area contributed by atoms with Crippen LogP contribution in [0.3, 0.4) is 0 Å². The molecule has 2 aliphatic heterocycles. The lowest BCUT2D eigenvalue weighted by atomic mass is 9.95. The monoisotopic (exact) mass is 401 g/mol. The largest absolute Gasteiger partial charge is 0.302 e. The third kappa shape index (κ3) is 3.88. The van der Waals surface area contributed by atoms with Gasteiger partial charge in [-0.1, -0.05) is 60.0 Å². The van der Waals surface area contributed by atoms with Gasteiger partial charge in [-0.15, -0.1) is 0 Å². The minimum absolute atomic E-state index is 0.0159. The molecule has 2 aromatic rings. The second kappa shape index (κ2) is 8.01. The molecule has 6 heteroatoms. The molecule has 4 nitrogen and oxygen atoms in total. The summed E-state index contributed by atoms with van der Waals surface area (Å²) in [5, 5.41) is 7.05. The van der Waals surface area contributed by atoms with Gasteiger partial charge in [0.05, 0.1) is 27.4 Å². The zero-order valence-corrected chi connectivity index (χ0v) is 16.5. The molecule has 0 radical (unpaired) electrons. The Bertz CT molecular complexity index is 863. The highest BCUT2D eigenvalue weighted by atomic mass is 35.5. The van der Waals surface area contributed by atoms with Crippen LogP contribution >= 0.6 is 23.2 Å². The van der Waals surface area contributed by atoms with E-state index in [1.54, 1.807) is 18.2 Å². The quantitative estimate of drug-likeness (QED) is 0.733. The smallest absolute Gasteiger partial charge is 0.257 e. The van der Waals surface area contributed by atoms with Crippen molar-refractivity contribution >= 4 is 40.5 Å². The van der Waals surface area contributed by atoms with Gasteiger partial charge in [0.15, 0.2) is 0 Å². The van der Waals surface area contributed by atoms with Crippen molar-refractivity contribution in [1.82, 2.24) is 4.90 Å². The van der Waals surface area contributed by atoms with Crippen LogP contribution in [0, 0.1) is 5.92 Å². The van der Waals surface area contributed by atoms with Gasteiger partial charge in [0, 0.05) is 6.54 Å². The van der Waals surface area contributed by atoms with Crippen LogP contribution in [0.4, 0.5) is 5.69 Å². The number of benzene rings is 2. The zero-order chi connectivity index (χ0) is 18.8. The molecule has 1 fully saturated rings. The van der Waals surface area contributed by atoms with E-state index < -0.39 is 0 Å². The van der Waals surface area contributed by atoms with Crippen molar-refractivity contribution < 1.29 is 4.79 Å². The van der Waals surface area contributed by atoms with Gasteiger partial charge < -0.3 is 4.90 Å². The van der Waals surface area contributed by atoms with E-state index in [-0.39, 0.29) is 11.8 Å². The number of hydrogen-bond acceptors (Lipinski definition) is 3. The Kier molecular flexibility index (Phi) is 5.48. The van der Waals surface area contributed by atoms with Crippen LogP contribution in [0.25, 0.3) is 0 Å². The predicted octanol–water partition coefficient (Wildman–Crippen LogP) is 4.85. The third-order valence-electron chi connectivity index (χ3n) is 5.15. The summed E-state index contributed by atoms with van der Waals surface area (Å²) < 4.78 is 0. The summed E-state index contributed by atoms with van der Waals surface area (Å²) in [4.78, 5) is 15.6. The molecule has 2 aromatic carbocycles. The van der Waals surface area contributed by atoms with E-state index in [9.17, 15) is 4.79 Å². The number of amides is 1. The number of carbonyl (C=O) groups is 1. The molecule has 1 saturated heterocycles. The molecule has 140 valence electrons. The number of hydrogen-bond donors (Lipinski definition) is 0. The first-order valence-corrected chi connectivity index (χ1v) is 10.0. The number of likely N-dealkylation sites (tertiary alicyclic amines) is 1. The van der Waals surface area contributed by atoms with E-state index in [1.165, 1.54) is 24.3 Å². The molecule has 0 N–H and O–H groups in total. The predicted molar refractivity (Wildman–Crippen MR) is 111 cm³/mol. The van der Waals surface area contributed by atoms with Crippen molar-refractivity contribution in [2.24, 2.45) is 11.0 Å². The van der Waals surface area contributed by atoms with E-state index in [0.29, 0.717) is 22.3 Å². The SMILES string of the molecule is O=C1[C@H](CN2CCCCC2)C(c2ccccc2)=NN1c1ccc(Cl)c(Cl)c1. The molecule has 1 amide bonds. The maximum absolute atomic E-state index is 13.3. The van der Waals surface area contributed by atoms with Crippen LogP contribution in [-0.2, 0) is 4.79 Å². The number of halogens is 2. The van der Waals surface area contributed by atoms with Crippen molar-refractivity contribution in [3.05, 3.63) is 64.1 Å². The van der Waals surface area contributed by atoms with Gasteiger partial charge in [0.2, 0.25) is 0 Å². The molecular formula is C21H21Cl2N3O. The molecule has 0 bridgehead atoms. The minimum atomic E-state index is -0.278. The first-order valence-electron chi connectivity index (χ1n) is 9.29. The van der Waals surface area contributed by atoms with Gasteiger partial charge in [0.25, 0.3) is 5.91 Å². The van der Waals surface area contributed by atoms with E-state index >= 15 is 0 Å². The second-order valence-electron chi connectivity index (χ2n) is 7.01. The molecule has 27 heavy (non-hydrogen) atoms.